The highest BCUT2D eigenvalue weighted by molar-refractivity contribution is 5.75. The van der Waals surface area contributed by atoms with Crippen LogP contribution < -0.4 is 9.88 Å². The predicted molar refractivity (Wildman–Crippen MR) is 197 cm³/mol. The first-order chi connectivity index (χ1) is 21.9. The number of nitrogens with one attached hydrogen (secondary N) is 1. The first-order valence-electron chi connectivity index (χ1n) is 20.2. The number of imidazole rings is 1. The molecule has 45 heavy (non-hydrogen) atoms. The maximum absolute atomic E-state index is 12.4. The molecule has 0 aliphatic heterocycles. The molecule has 0 radical (unpaired) electrons. The van der Waals surface area contributed by atoms with E-state index in [1.807, 2.05) is 0 Å². The third-order valence-corrected chi connectivity index (χ3v) is 9.75. The van der Waals surface area contributed by atoms with Crippen molar-refractivity contribution in [3.05, 3.63) is 18.2 Å². The lowest BCUT2D eigenvalue weighted by Gasteiger charge is -2.07. The maximum atomic E-state index is 12.4. The number of aryl methyl sites for hydroxylation is 1. The second kappa shape index (κ2) is 30.0. The Balaban J connectivity index is 1.94. The molecule has 1 heterocycles. The zero-order valence-corrected chi connectivity index (χ0v) is 31.3. The third-order valence-electron chi connectivity index (χ3n) is 9.75. The Morgan fingerprint density at radius 2 is 0.978 bits per heavy atom. The fraction of sp³-hybridized carbons (Fsp3) is 0.902. The average molecular weight is 631 g/mol. The van der Waals surface area contributed by atoms with Crippen LogP contribution in [-0.2, 0) is 24.8 Å². The predicted octanol–water partition coefficient (Wildman–Crippen LogP) is 11.8. The molecule has 0 aromatic carbocycles. The number of nitrogens with zero attached hydrogens (tertiary/aromatic N) is 2. The van der Waals surface area contributed by atoms with E-state index in [2.05, 4.69) is 61.6 Å². The van der Waals surface area contributed by atoms with E-state index in [1.165, 1.54) is 166 Å². The number of amides is 1. The van der Waals surface area contributed by atoms with Crippen molar-refractivity contribution in [3.8, 4) is 0 Å². The molecule has 1 aromatic heterocycles. The SMILES string of the molecule is CC(C)CCCCCCCCCCCCCCC(=O)NCC[n+]1ccn(C)c1CCCCCCCCCCCCCCC(C)C. The van der Waals surface area contributed by atoms with E-state index in [4.69, 9.17) is 0 Å². The lowest BCUT2D eigenvalue weighted by atomic mass is 10.0. The molecule has 0 unspecified atom stereocenters. The summed E-state index contributed by atoms with van der Waals surface area (Å²) < 4.78 is 4.61. The lowest BCUT2D eigenvalue weighted by molar-refractivity contribution is -0.701. The largest absolute Gasteiger partial charge is 0.352 e. The zero-order valence-electron chi connectivity index (χ0n) is 31.3. The quantitative estimate of drug-likeness (QED) is 0.0609. The van der Waals surface area contributed by atoms with Gasteiger partial charge in [-0.15, -0.1) is 0 Å². The number of hydrogen-bond donors (Lipinski definition) is 1. The number of carbonyl (C=O) groups excluding carboxylic acids is 1. The third kappa shape index (κ3) is 26.4. The van der Waals surface area contributed by atoms with Crippen LogP contribution in [0, 0.1) is 11.8 Å². The fourth-order valence-corrected chi connectivity index (χ4v) is 6.69. The highest BCUT2D eigenvalue weighted by Crippen LogP contribution is 2.16. The molecule has 0 bridgehead atoms. The summed E-state index contributed by atoms with van der Waals surface area (Å²) in [5, 5.41) is 3.17. The highest BCUT2D eigenvalue weighted by atomic mass is 16.1. The summed E-state index contributed by atoms with van der Waals surface area (Å²) in [4.78, 5) is 12.4. The Labute approximate surface area is 282 Å². The molecule has 1 amide bonds. The molecule has 0 saturated carbocycles. The molecule has 0 atom stereocenters. The Morgan fingerprint density at radius 3 is 1.40 bits per heavy atom. The van der Waals surface area contributed by atoms with Gasteiger partial charge >= 0.3 is 0 Å². The minimum Gasteiger partial charge on any atom is -0.352 e. The molecule has 264 valence electrons. The molecule has 1 rings (SSSR count). The normalized spacial score (nSPS) is 11.7. The molecule has 1 aromatic rings. The van der Waals surface area contributed by atoms with Crippen molar-refractivity contribution in [2.75, 3.05) is 6.54 Å². The minimum atomic E-state index is 0.225. The van der Waals surface area contributed by atoms with E-state index in [0.717, 1.165) is 37.8 Å². The van der Waals surface area contributed by atoms with Gasteiger partial charge in [-0.25, -0.2) is 9.13 Å². The van der Waals surface area contributed by atoms with Gasteiger partial charge in [0.1, 0.15) is 18.9 Å². The second-order valence-electron chi connectivity index (χ2n) is 15.2. The molecular formula is C41H80N3O+. The van der Waals surface area contributed by atoms with Crippen LogP contribution in [0.3, 0.4) is 0 Å². The number of unbranched alkanes of at least 4 members (excludes halogenated alkanes) is 22. The Hall–Kier alpha value is -1.32. The molecule has 0 fully saturated rings. The van der Waals surface area contributed by atoms with Crippen molar-refractivity contribution in [2.45, 2.75) is 214 Å². The first-order valence-corrected chi connectivity index (χ1v) is 20.2. The van der Waals surface area contributed by atoms with Crippen LogP contribution in [0.15, 0.2) is 12.4 Å². The van der Waals surface area contributed by atoms with Gasteiger partial charge in [0, 0.05) is 12.8 Å². The van der Waals surface area contributed by atoms with Crippen LogP contribution in [0.25, 0.3) is 0 Å². The Morgan fingerprint density at radius 1 is 0.600 bits per heavy atom. The average Bonchev–Trinajstić information content (AvgIpc) is 3.35. The van der Waals surface area contributed by atoms with Gasteiger partial charge in [-0.05, 0) is 24.7 Å². The summed E-state index contributed by atoms with van der Waals surface area (Å²) in [6.45, 7) is 10.9. The molecule has 1 N–H and O–H groups in total. The molecule has 0 spiro atoms. The van der Waals surface area contributed by atoms with Gasteiger partial charge in [0.2, 0.25) is 5.91 Å². The summed E-state index contributed by atoms with van der Waals surface area (Å²) in [5.41, 5.74) is 0. The molecule has 0 aliphatic carbocycles. The minimum absolute atomic E-state index is 0.225. The van der Waals surface area contributed by atoms with E-state index in [0.29, 0.717) is 6.42 Å². The monoisotopic (exact) mass is 631 g/mol. The van der Waals surface area contributed by atoms with Crippen molar-refractivity contribution in [3.63, 3.8) is 0 Å². The van der Waals surface area contributed by atoms with Crippen LogP contribution in [0.1, 0.15) is 207 Å². The summed E-state index contributed by atoms with van der Waals surface area (Å²) in [6, 6.07) is 0. The molecule has 4 heteroatoms. The van der Waals surface area contributed by atoms with Gasteiger partial charge in [0.25, 0.3) is 5.82 Å². The van der Waals surface area contributed by atoms with Gasteiger partial charge in [-0.2, -0.15) is 0 Å². The molecule has 4 nitrogen and oxygen atoms in total. The van der Waals surface area contributed by atoms with E-state index < -0.39 is 0 Å². The fourth-order valence-electron chi connectivity index (χ4n) is 6.69. The van der Waals surface area contributed by atoms with Crippen molar-refractivity contribution < 1.29 is 9.36 Å². The number of hydrogen-bond acceptors (Lipinski definition) is 1. The van der Waals surface area contributed by atoms with E-state index in [-0.39, 0.29) is 5.91 Å². The number of carbonyl (C=O) groups is 1. The van der Waals surface area contributed by atoms with Crippen LogP contribution in [-0.4, -0.2) is 17.0 Å². The van der Waals surface area contributed by atoms with Gasteiger partial charge in [0.15, 0.2) is 0 Å². The summed E-state index contributed by atoms with van der Waals surface area (Å²) in [7, 11) is 2.16. The smallest absolute Gasteiger partial charge is 0.256 e. The van der Waals surface area contributed by atoms with Crippen LogP contribution in [0.5, 0.6) is 0 Å². The summed E-state index contributed by atoms with van der Waals surface area (Å²) >= 11 is 0. The van der Waals surface area contributed by atoms with Crippen molar-refractivity contribution >= 4 is 5.91 Å². The Bertz CT molecular complexity index is 784. The van der Waals surface area contributed by atoms with Gasteiger partial charge < -0.3 is 5.32 Å². The van der Waals surface area contributed by atoms with E-state index >= 15 is 0 Å². The topological polar surface area (TPSA) is 37.9 Å². The number of aromatic nitrogens is 2. The van der Waals surface area contributed by atoms with Crippen molar-refractivity contribution in [1.82, 2.24) is 9.88 Å². The van der Waals surface area contributed by atoms with Crippen LogP contribution >= 0.6 is 0 Å². The summed E-state index contributed by atoms with van der Waals surface area (Å²) in [6.07, 6.45) is 41.9. The van der Waals surface area contributed by atoms with Crippen LogP contribution in [0.4, 0.5) is 0 Å². The molecular weight excluding hydrogens is 550 g/mol. The Kier molecular flexibility index (Phi) is 27.8. The first kappa shape index (κ1) is 41.7. The molecule has 0 saturated heterocycles. The maximum Gasteiger partial charge on any atom is 0.256 e. The standard InChI is InChI=1S/C41H79N3O/c1-38(2)30-26-22-18-14-10-6-8-12-16-20-24-28-32-40(45)42-34-35-44-37-36-43(5)41(44)33-29-25-21-17-13-9-7-11-15-19-23-27-31-39(3)4/h36-39H,6-35H2,1-5H3/p+1. The van der Waals surface area contributed by atoms with Crippen molar-refractivity contribution in [2.24, 2.45) is 18.9 Å². The van der Waals surface area contributed by atoms with E-state index in [9.17, 15) is 4.79 Å². The van der Waals surface area contributed by atoms with Gasteiger partial charge in [-0.3, -0.25) is 4.79 Å². The molecule has 0 aliphatic rings. The van der Waals surface area contributed by atoms with Crippen molar-refractivity contribution in [1.29, 1.82) is 0 Å². The van der Waals surface area contributed by atoms with Gasteiger partial charge in [-0.1, -0.05) is 182 Å². The second-order valence-corrected chi connectivity index (χ2v) is 15.2. The number of rotatable bonds is 33. The van der Waals surface area contributed by atoms with Gasteiger partial charge in [0.05, 0.1) is 13.6 Å². The zero-order chi connectivity index (χ0) is 32.8. The highest BCUT2D eigenvalue weighted by Gasteiger charge is 2.14. The van der Waals surface area contributed by atoms with Crippen LogP contribution in [0.2, 0.25) is 0 Å². The lowest BCUT2D eigenvalue weighted by Crippen LogP contribution is -2.42. The van der Waals surface area contributed by atoms with E-state index in [1.54, 1.807) is 0 Å². The summed E-state index contributed by atoms with van der Waals surface area (Å²) in [5.74, 6) is 3.35.